The van der Waals surface area contributed by atoms with E-state index in [0.29, 0.717) is 5.69 Å². The smallest absolute Gasteiger partial charge is 0.229 e. The van der Waals surface area contributed by atoms with Crippen molar-refractivity contribution in [3.63, 3.8) is 0 Å². The van der Waals surface area contributed by atoms with Gasteiger partial charge in [-0.3, -0.25) is 9.71 Å². The van der Waals surface area contributed by atoms with Crippen LogP contribution >= 0.6 is 0 Å². The first-order valence-electron chi connectivity index (χ1n) is 4.98. The first-order valence-corrected chi connectivity index (χ1v) is 6.87. The lowest BCUT2D eigenvalue weighted by Gasteiger charge is -2.04. The number of sulfonamides is 1. The van der Waals surface area contributed by atoms with Crippen molar-refractivity contribution < 1.29 is 8.42 Å². The van der Waals surface area contributed by atoms with E-state index in [9.17, 15) is 8.42 Å². The zero-order valence-electron chi connectivity index (χ0n) is 9.64. The number of rotatable bonds is 4. The highest BCUT2D eigenvalue weighted by atomic mass is 32.2. The molecule has 5 heteroatoms. The van der Waals surface area contributed by atoms with E-state index in [4.69, 9.17) is 0 Å². The summed E-state index contributed by atoms with van der Waals surface area (Å²) in [6.45, 7) is 3.96. The van der Waals surface area contributed by atoms with Crippen LogP contribution < -0.4 is 4.72 Å². The fourth-order valence-corrected chi connectivity index (χ4v) is 1.69. The second-order valence-corrected chi connectivity index (χ2v) is 5.62. The van der Waals surface area contributed by atoms with Crippen molar-refractivity contribution in [1.29, 1.82) is 0 Å². The average molecular weight is 240 g/mol. The van der Waals surface area contributed by atoms with Crippen LogP contribution in [0.1, 0.15) is 19.4 Å². The van der Waals surface area contributed by atoms with Gasteiger partial charge in [0.25, 0.3) is 0 Å². The van der Waals surface area contributed by atoms with Crippen molar-refractivity contribution in [3.8, 4) is 0 Å². The molecule has 88 valence electrons. The van der Waals surface area contributed by atoms with Crippen LogP contribution in [-0.4, -0.2) is 26.9 Å². The Bertz CT molecular complexity index is 479. The summed E-state index contributed by atoms with van der Waals surface area (Å²) < 4.78 is 24.5. The SMILES string of the molecule is CC(C)/N=C/c1cccc(NS(C)(=O)=O)c1. The lowest BCUT2D eigenvalue weighted by Crippen LogP contribution is -2.09. The number of nitrogens with zero attached hydrogens (tertiary/aromatic N) is 1. The van der Waals surface area contributed by atoms with Crippen LogP contribution in [0.25, 0.3) is 0 Å². The molecule has 1 aromatic rings. The molecule has 0 atom stereocenters. The molecule has 0 radical (unpaired) electrons. The fraction of sp³-hybridized carbons (Fsp3) is 0.364. The predicted octanol–water partition coefficient (Wildman–Crippen LogP) is 1.89. The van der Waals surface area contributed by atoms with E-state index in [2.05, 4.69) is 9.71 Å². The molecule has 1 aromatic carbocycles. The number of nitrogens with one attached hydrogen (secondary N) is 1. The molecule has 0 saturated heterocycles. The van der Waals surface area contributed by atoms with Gasteiger partial charge in [0.1, 0.15) is 0 Å². The molecular formula is C11H16N2O2S. The van der Waals surface area contributed by atoms with E-state index in [0.717, 1.165) is 11.8 Å². The molecule has 0 aliphatic carbocycles. The Morgan fingerprint density at radius 1 is 1.38 bits per heavy atom. The summed E-state index contributed by atoms with van der Waals surface area (Å²) >= 11 is 0. The predicted molar refractivity (Wildman–Crippen MR) is 67.6 cm³/mol. The molecule has 0 fully saturated rings. The number of hydrogen-bond donors (Lipinski definition) is 1. The Morgan fingerprint density at radius 2 is 2.06 bits per heavy atom. The number of anilines is 1. The molecule has 0 saturated carbocycles. The normalized spacial score (nSPS) is 12.2. The zero-order valence-corrected chi connectivity index (χ0v) is 10.5. The van der Waals surface area contributed by atoms with Crippen molar-refractivity contribution in [1.82, 2.24) is 0 Å². The van der Waals surface area contributed by atoms with Crippen LogP contribution in [-0.2, 0) is 10.0 Å². The molecule has 0 aliphatic rings. The van der Waals surface area contributed by atoms with Crippen molar-refractivity contribution in [3.05, 3.63) is 29.8 Å². The maximum atomic E-state index is 11.0. The van der Waals surface area contributed by atoms with Crippen LogP contribution in [0.5, 0.6) is 0 Å². The van der Waals surface area contributed by atoms with Gasteiger partial charge in [0.05, 0.1) is 6.26 Å². The van der Waals surface area contributed by atoms with Gasteiger partial charge in [-0.15, -0.1) is 0 Å². The summed E-state index contributed by atoms with van der Waals surface area (Å²) in [5.74, 6) is 0. The zero-order chi connectivity index (χ0) is 12.2. The third-order valence-corrected chi connectivity index (χ3v) is 2.32. The first kappa shape index (κ1) is 12.7. The third kappa shape index (κ3) is 4.93. The van der Waals surface area contributed by atoms with Crippen molar-refractivity contribution in [2.24, 2.45) is 4.99 Å². The van der Waals surface area contributed by atoms with Gasteiger partial charge in [-0.25, -0.2) is 8.42 Å². The second kappa shape index (κ2) is 5.12. The molecule has 0 unspecified atom stereocenters. The summed E-state index contributed by atoms with van der Waals surface area (Å²) in [6, 6.07) is 7.33. The van der Waals surface area contributed by atoms with Gasteiger partial charge in [-0.2, -0.15) is 0 Å². The van der Waals surface area contributed by atoms with E-state index in [1.165, 1.54) is 0 Å². The molecule has 0 aromatic heterocycles. The molecule has 0 bridgehead atoms. The summed E-state index contributed by atoms with van der Waals surface area (Å²) in [6.07, 6.45) is 2.86. The minimum atomic E-state index is -3.22. The van der Waals surface area contributed by atoms with Crippen LogP contribution in [0, 0.1) is 0 Å². The maximum absolute atomic E-state index is 11.0. The molecular weight excluding hydrogens is 224 g/mol. The Hall–Kier alpha value is -1.36. The van der Waals surface area contributed by atoms with E-state index < -0.39 is 10.0 Å². The fourth-order valence-electron chi connectivity index (χ4n) is 1.13. The van der Waals surface area contributed by atoms with Crippen molar-refractivity contribution >= 4 is 21.9 Å². The largest absolute Gasteiger partial charge is 0.290 e. The monoisotopic (exact) mass is 240 g/mol. The second-order valence-electron chi connectivity index (χ2n) is 3.87. The van der Waals surface area contributed by atoms with Crippen molar-refractivity contribution in [2.45, 2.75) is 19.9 Å². The highest BCUT2D eigenvalue weighted by Crippen LogP contribution is 2.10. The molecule has 0 aliphatic heterocycles. The standard InChI is InChI=1S/C11H16N2O2S/c1-9(2)12-8-10-5-4-6-11(7-10)13-16(3,14)15/h4-9,13H,1-3H3/b12-8+. The highest BCUT2D eigenvalue weighted by Gasteiger charge is 2.01. The number of hydrogen-bond acceptors (Lipinski definition) is 3. The molecule has 16 heavy (non-hydrogen) atoms. The Labute approximate surface area is 96.5 Å². The van der Waals surface area contributed by atoms with Crippen LogP contribution in [0.3, 0.4) is 0 Å². The maximum Gasteiger partial charge on any atom is 0.229 e. The van der Waals surface area contributed by atoms with E-state index in [-0.39, 0.29) is 6.04 Å². The van der Waals surface area contributed by atoms with E-state index in [1.807, 2.05) is 19.9 Å². The molecule has 0 spiro atoms. The van der Waals surface area contributed by atoms with E-state index in [1.54, 1.807) is 24.4 Å². The van der Waals surface area contributed by atoms with Crippen molar-refractivity contribution in [2.75, 3.05) is 11.0 Å². The topological polar surface area (TPSA) is 58.5 Å². The van der Waals surface area contributed by atoms with Crippen LogP contribution in [0.4, 0.5) is 5.69 Å². The summed E-state index contributed by atoms with van der Waals surface area (Å²) in [7, 11) is -3.22. The minimum Gasteiger partial charge on any atom is -0.290 e. The first-order chi connectivity index (χ1) is 7.37. The average Bonchev–Trinajstić information content (AvgIpc) is 2.12. The summed E-state index contributed by atoms with van der Waals surface area (Å²) in [5.41, 5.74) is 1.43. The quantitative estimate of drug-likeness (QED) is 0.817. The molecule has 0 heterocycles. The Morgan fingerprint density at radius 3 is 2.62 bits per heavy atom. The van der Waals surface area contributed by atoms with Crippen LogP contribution in [0.15, 0.2) is 29.3 Å². The Balaban J connectivity index is 2.87. The van der Waals surface area contributed by atoms with E-state index >= 15 is 0 Å². The molecule has 4 nitrogen and oxygen atoms in total. The van der Waals surface area contributed by atoms with Gasteiger partial charge in [-0.05, 0) is 31.5 Å². The van der Waals surface area contributed by atoms with Gasteiger partial charge in [-0.1, -0.05) is 12.1 Å². The lowest BCUT2D eigenvalue weighted by molar-refractivity contribution is 0.607. The third-order valence-electron chi connectivity index (χ3n) is 1.71. The van der Waals surface area contributed by atoms with Gasteiger partial charge >= 0.3 is 0 Å². The lowest BCUT2D eigenvalue weighted by atomic mass is 10.2. The molecule has 0 amide bonds. The number of benzene rings is 1. The Kier molecular flexibility index (Phi) is 4.06. The van der Waals surface area contributed by atoms with Gasteiger partial charge < -0.3 is 0 Å². The molecule has 1 rings (SSSR count). The van der Waals surface area contributed by atoms with Gasteiger partial charge in [0.15, 0.2) is 0 Å². The minimum absolute atomic E-state index is 0.228. The summed E-state index contributed by atoms with van der Waals surface area (Å²) in [4.78, 5) is 4.23. The van der Waals surface area contributed by atoms with Gasteiger partial charge in [0, 0.05) is 17.9 Å². The summed E-state index contributed by atoms with van der Waals surface area (Å²) in [5, 5.41) is 0. The van der Waals surface area contributed by atoms with Gasteiger partial charge in [0.2, 0.25) is 10.0 Å². The number of aliphatic imine (C=N–C) groups is 1. The van der Waals surface area contributed by atoms with Crippen LogP contribution in [0.2, 0.25) is 0 Å². The highest BCUT2D eigenvalue weighted by molar-refractivity contribution is 7.92. The molecule has 1 N–H and O–H groups in total.